The summed E-state index contributed by atoms with van der Waals surface area (Å²) in [4.78, 5) is 2.35. The Labute approximate surface area is 128 Å². The molecule has 0 amide bonds. The van der Waals surface area contributed by atoms with E-state index in [2.05, 4.69) is 34.5 Å². The number of nitrogens with zero attached hydrogens (tertiary/aromatic N) is 1. The van der Waals surface area contributed by atoms with Crippen LogP contribution in [0.4, 0.5) is 0 Å². The number of hydrogen-bond acceptors (Lipinski definition) is 4. The zero-order valence-electron chi connectivity index (χ0n) is 13.0. The molecular formula is C17H28N2O2. The summed E-state index contributed by atoms with van der Waals surface area (Å²) in [6, 6.07) is 10.8. The fourth-order valence-corrected chi connectivity index (χ4v) is 2.99. The van der Waals surface area contributed by atoms with Crippen molar-refractivity contribution in [2.24, 2.45) is 5.92 Å². The van der Waals surface area contributed by atoms with Gasteiger partial charge < -0.3 is 20.1 Å². The average Bonchev–Trinajstić information content (AvgIpc) is 2.54. The lowest BCUT2D eigenvalue weighted by molar-refractivity contribution is 0.136. The van der Waals surface area contributed by atoms with Crippen molar-refractivity contribution in [3.05, 3.63) is 35.9 Å². The summed E-state index contributed by atoms with van der Waals surface area (Å²) in [5.74, 6) is 0.725. The second-order valence-electron chi connectivity index (χ2n) is 5.84. The van der Waals surface area contributed by atoms with Gasteiger partial charge in [-0.15, -0.1) is 0 Å². The van der Waals surface area contributed by atoms with E-state index in [0.29, 0.717) is 6.61 Å². The number of β-amino-alcohol motifs (C(OH)–C–C–N with tert-alkyl or cyclic N) is 1. The molecule has 2 N–H and O–H groups in total. The third-order valence-corrected chi connectivity index (χ3v) is 4.31. The Morgan fingerprint density at radius 2 is 2.00 bits per heavy atom. The van der Waals surface area contributed by atoms with E-state index in [4.69, 9.17) is 9.84 Å². The van der Waals surface area contributed by atoms with E-state index in [1.54, 1.807) is 7.11 Å². The van der Waals surface area contributed by atoms with Gasteiger partial charge in [0.15, 0.2) is 0 Å². The summed E-state index contributed by atoms with van der Waals surface area (Å²) in [6.07, 6.45) is 2.42. The van der Waals surface area contributed by atoms with Gasteiger partial charge in [-0.3, -0.25) is 0 Å². The summed E-state index contributed by atoms with van der Waals surface area (Å²) < 4.78 is 5.35. The highest BCUT2D eigenvalue weighted by atomic mass is 16.5. The summed E-state index contributed by atoms with van der Waals surface area (Å²) in [7, 11) is 1.75. The maximum Gasteiger partial charge on any atom is 0.0657 e. The van der Waals surface area contributed by atoms with Crippen LogP contribution in [-0.2, 0) is 4.74 Å². The quantitative estimate of drug-likeness (QED) is 0.765. The highest BCUT2D eigenvalue weighted by molar-refractivity contribution is 5.18. The molecule has 0 aromatic heterocycles. The number of likely N-dealkylation sites (tertiary alicyclic amines) is 1. The van der Waals surface area contributed by atoms with Crippen LogP contribution in [0, 0.1) is 5.92 Å². The van der Waals surface area contributed by atoms with Crippen LogP contribution in [0.2, 0.25) is 0 Å². The first-order chi connectivity index (χ1) is 10.3. The third kappa shape index (κ3) is 5.40. The number of aliphatic hydroxyl groups is 1. The van der Waals surface area contributed by atoms with Gasteiger partial charge in [0, 0.05) is 13.7 Å². The Kier molecular flexibility index (Phi) is 7.16. The topological polar surface area (TPSA) is 44.7 Å². The van der Waals surface area contributed by atoms with Crippen molar-refractivity contribution in [3.8, 4) is 0 Å². The van der Waals surface area contributed by atoms with Crippen molar-refractivity contribution >= 4 is 0 Å². The first-order valence-electron chi connectivity index (χ1n) is 7.94. The van der Waals surface area contributed by atoms with Crippen LogP contribution >= 0.6 is 0 Å². The smallest absolute Gasteiger partial charge is 0.0657 e. The molecule has 1 aliphatic rings. The van der Waals surface area contributed by atoms with E-state index in [1.807, 2.05) is 6.07 Å². The van der Waals surface area contributed by atoms with Crippen molar-refractivity contribution in [1.29, 1.82) is 0 Å². The third-order valence-electron chi connectivity index (χ3n) is 4.31. The lowest BCUT2D eigenvalue weighted by atomic mass is 9.96. The SMILES string of the molecule is COCC(NCC1CCN(CCO)CC1)c1ccccc1. The van der Waals surface area contributed by atoms with E-state index in [1.165, 1.54) is 18.4 Å². The minimum absolute atomic E-state index is 0.270. The van der Waals surface area contributed by atoms with Gasteiger partial charge in [-0.25, -0.2) is 0 Å². The zero-order chi connectivity index (χ0) is 14.9. The second-order valence-corrected chi connectivity index (χ2v) is 5.84. The maximum atomic E-state index is 8.98. The molecule has 1 aromatic carbocycles. The molecular weight excluding hydrogens is 264 g/mol. The maximum absolute atomic E-state index is 8.98. The molecule has 118 valence electrons. The lowest BCUT2D eigenvalue weighted by Gasteiger charge is -2.32. The fourth-order valence-electron chi connectivity index (χ4n) is 2.99. The van der Waals surface area contributed by atoms with Crippen molar-refractivity contribution in [2.75, 3.05) is 46.5 Å². The van der Waals surface area contributed by atoms with Crippen LogP contribution in [0.1, 0.15) is 24.4 Å². The number of nitrogens with one attached hydrogen (secondary N) is 1. The van der Waals surface area contributed by atoms with E-state index in [-0.39, 0.29) is 12.6 Å². The van der Waals surface area contributed by atoms with Gasteiger partial charge in [0.05, 0.1) is 19.3 Å². The average molecular weight is 292 g/mol. The van der Waals surface area contributed by atoms with Gasteiger partial charge in [0.2, 0.25) is 0 Å². The molecule has 1 aliphatic heterocycles. The molecule has 0 radical (unpaired) electrons. The number of piperidine rings is 1. The monoisotopic (exact) mass is 292 g/mol. The van der Waals surface area contributed by atoms with Crippen LogP contribution in [0.3, 0.4) is 0 Å². The Hall–Kier alpha value is -0.940. The van der Waals surface area contributed by atoms with Crippen molar-refractivity contribution < 1.29 is 9.84 Å². The standard InChI is InChI=1S/C17H28N2O2/c1-21-14-17(16-5-3-2-4-6-16)18-13-15-7-9-19(10-8-15)11-12-20/h2-6,15,17-18,20H,7-14H2,1H3. The first kappa shape index (κ1) is 16.4. The Balaban J connectivity index is 1.78. The van der Waals surface area contributed by atoms with Gasteiger partial charge in [-0.2, -0.15) is 0 Å². The van der Waals surface area contributed by atoms with Crippen LogP contribution in [-0.4, -0.2) is 56.5 Å². The van der Waals surface area contributed by atoms with E-state index >= 15 is 0 Å². The molecule has 1 atom stereocenters. The molecule has 1 heterocycles. The summed E-state index contributed by atoms with van der Waals surface area (Å²) in [6.45, 7) is 5.03. The van der Waals surface area contributed by atoms with Crippen LogP contribution in [0.5, 0.6) is 0 Å². The highest BCUT2D eigenvalue weighted by Gasteiger charge is 2.20. The molecule has 21 heavy (non-hydrogen) atoms. The molecule has 0 bridgehead atoms. The molecule has 1 aromatic rings. The molecule has 2 rings (SSSR count). The van der Waals surface area contributed by atoms with Crippen molar-refractivity contribution in [2.45, 2.75) is 18.9 Å². The summed E-state index contributed by atoms with van der Waals surface area (Å²) in [5.41, 5.74) is 1.29. The number of benzene rings is 1. The van der Waals surface area contributed by atoms with E-state index in [0.717, 1.165) is 32.1 Å². The molecule has 1 fully saturated rings. The van der Waals surface area contributed by atoms with Crippen LogP contribution in [0.15, 0.2) is 30.3 Å². The number of methoxy groups -OCH3 is 1. The highest BCUT2D eigenvalue weighted by Crippen LogP contribution is 2.18. The number of ether oxygens (including phenoxy) is 1. The van der Waals surface area contributed by atoms with Crippen LogP contribution < -0.4 is 5.32 Å². The first-order valence-corrected chi connectivity index (χ1v) is 7.94. The molecule has 0 saturated carbocycles. The molecule has 1 unspecified atom stereocenters. The molecule has 4 nitrogen and oxygen atoms in total. The number of rotatable bonds is 8. The Bertz CT molecular complexity index is 378. The van der Waals surface area contributed by atoms with Gasteiger partial charge in [-0.1, -0.05) is 30.3 Å². The number of aliphatic hydroxyl groups excluding tert-OH is 1. The van der Waals surface area contributed by atoms with Crippen LogP contribution in [0.25, 0.3) is 0 Å². The minimum Gasteiger partial charge on any atom is -0.395 e. The van der Waals surface area contributed by atoms with Gasteiger partial charge in [0.25, 0.3) is 0 Å². The summed E-state index contributed by atoms with van der Waals surface area (Å²) >= 11 is 0. The van der Waals surface area contributed by atoms with Crippen molar-refractivity contribution in [3.63, 3.8) is 0 Å². The predicted octanol–water partition coefficient (Wildman–Crippen LogP) is 1.67. The van der Waals surface area contributed by atoms with Crippen molar-refractivity contribution in [1.82, 2.24) is 10.2 Å². The Morgan fingerprint density at radius 3 is 2.62 bits per heavy atom. The van der Waals surface area contributed by atoms with Gasteiger partial charge in [0.1, 0.15) is 0 Å². The molecule has 0 aliphatic carbocycles. The minimum atomic E-state index is 0.270. The molecule has 4 heteroatoms. The summed E-state index contributed by atoms with van der Waals surface area (Å²) in [5, 5.41) is 12.6. The molecule has 1 saturated heterocycles. The fraction of sp³-hybridized carbons (Fsp3) is 0.647. The van der Waals surface area contributed by atoms with Gasteiger partial charge >= 0.3 is 0 Å². The normalized spacial score (nSPS) is 18.8. The zero-order valence-corrected chi connectivity index (χ0v) is 13.0. The van der Waals surface area contributed by atoms with E-state index < -0.39 is 0 Å². The van der Waals surface area contributed by atoms with Gasteiger partial charge in [-0.05, 0) is 44.0 Å². The molecule has 0 spiro atoms. The van der Waals surface area contributed by atoms with E-state index in [9.17, 15) is 0 Å². The lowest BCUT2D eigenvalue weighted by Crippen LogP contribution is -2.39. The number of hydrogen-bond donors (Lipinski definition) is 2. The Morgan fingerprint density at radius 1 is 1.29 bits per heavy atom. The predicted molar refractivity (Wildman–Crippen MR) is 85.3 cm³/mol. The second kappa shape index (κ2) is 9.15. The largest absolute Gasteiger partial charge is 0.395 e.